The fourth-order valence-electron chi connectivity index (χ4n) is 4.76. The number of aromatic nitrogens is 1. The number of carbonyl (C=O) groups excluding carboxylic acids is 3. The third-order valence-electron chi connectivity index (χ3n) is 6.91. The van der Waals surface area contributed by atoms with E-state index in [1.807, 2.05) is 52.0 Å². The van der Waals surface area contributed by atoms with E-state index in [0.29, 0.717) is 11.4 Å². The predicted molar refractivity (Wildman–Crippen MR) is 145 cm³/mol. The maximum atomic E-state index is 13.6. The molecule has 191 valence electrons. The van der Waals surface area contributed by atoms with Gasteiger partial charge in [-0.15, -0.1) is 11.3 Å². The van der Waals surface area contributed by atoms with E-state index in [4.69, 9.17) is 12.7 Å². The first-order valence-corrected chi connectivity index (χ1v) is 13.0. The van der Waals surface area contributed by atoms with Crippen LogP contribution in [0.3, 0.4) is 0 Å². The van der Waals surface area contributed by atoms with Crippen molar-refractivity contribution in [2.45, 2.75) is 64.8 Å². The third-order valence-corrected chi connectivity index (χ3v) is 7.89. The smallest absolute Gasteiger partial charge is 0.257 e. The largest absolute Gasteiger partial charge is 0.391 e. The molecule has 2 aliphatic rings. The van der Waals surface area contributed by atoms with Gasteiger partial charge in [-0.25, -0.2) is 9.98 Å². The molecule has 1 fully saturated rings. The molecule has 4 atom stereocenters. The fraction of sp³-hybridized carbons (Fsp3) is 0.480. The highest BCUT2D eigenvalue weighted by Crippen LogP contribution is 2.35. The highest BCUT2D eigenvalue weighted by Gasteiger charge is 2.48. The van der Waals surface area contributed by atoms with Crippen LogP contribution in [0.15, 0.2) is 34.8 Å². The number of amidine groups is 1. The number of nitrogens with zero attached hydrogens (tertiary/aromatic N) is 3. The van der Waals surface area contributed by atoms with Gasteiger partial charge in [-0.1, -0.05) is 45.0 Å². The number of aliphatic hydroxyl groups excluding tert-OH is 1. The van der Waals surface area contributed by atoms with Gasteiger partial charge in [0, 0.05) is 20.7 Å². The zero-order valence-electron chi connectivity index (χ0n) is 21.6. The number of nitrogens with one attached hydrogen (secondary N) is 2. The summed E-state index contributed by atoms with van der Waals surface area (Å²) in [5, 5.41) is 16.0. The third kappa shape index (κ3) is 5.22. The lowest BCUT2D eigenvalue weighted by Crippen LogP contribution is -2.58. The number of hydrogen-bond acceptors (Lipinski definition) is 7. The molecule has 37 heavy (non-hydrogen) atoms. The minimum absolute atomic E-state index is 0.0623. The molecule has 2 aromatic rings. The van der Waals surface area contributed by atoms with Crippen LogP contribution >= 0.6 is 11.3 Å². The number of carbonyl (C=O) groups is 3. The Kier molecular flexibility index (Phi) is 7.36. The molecule has 1 aromatic heterocycles. The topological polar surface area (TPSA) is 124 Å². The number of amides is 3. The molecule has 0 saturated carbocycles. The average Bonchev–Trinajstić information content (AvgIpc) is 3.53. The Morgan fingerprint density at radius 3 is 2.57 bits per heavy atom. The maximum Gasteiger partial charge on any atom is 0.257 e. The van der Waals surface area contributed by atoms with Gasteiger partial charge in [-0.3, -0.25) is 14.4 Å². The zero-order valence-corrected chi connectivity index (χ0v) is 22.4. The van der Waals surface area contributed by atoms with Crippen molar-refractivity contribution in [1.29, 1.82) is 0 Å². The number of hydrogen-bond donors (Lipinski definition) is 3. The van der Waals surface area contributed by atoms with Crippen molar-refractivity contribution < 1.29 is 19.5 Å². The van der Waals surface area contributed by atoms with Crippen LogP contribution in [0.5, 0.6) is 0 Å². The number of aliphatic imine (C=N–C) groups is 1. The summed E-state index contributed by atoms with van der Waals surface area (Å²) in [6.45, 7) is 9.24. The van der Waals surface area contributed by atoms with Crippen molar-refractivity contribution >= 4 is 49.7 Å². The molecule has 2 aliphatic heterocycles. The van der Waals surface area contributed by atoms with Crippen LogP contribution in [0.1, 0.15) is 45.4 Å². The van der Waals surface area contributed by atoms with Gasteiger partial charge in [0.15, 0.2) is 18.5 Å². The Morgan fingerprint density at radius 1 is 1.32 bits per heavy atom. The lowest BCUT2D eigenvalue weighted by Gasteiger charge is -2.35. The van der Waals surface area contributed by atoms with Crippen molar-refractivity contribution in [2.24, 2.45) is 10.4 Å². The number of aliphatic hydroxyl groups is 1. The van der Waals surface area contributed by atoms with Crippen molar-refractivity contribution in [3.05, 3.63) is 41.0 Å². The standard InChI is InChI=1S/C25H30B2N5O4S/c1-13-18(37-12-28-13)14-6-8-15(9-7-14)25(5)22(35)30-20(31-25)17-10-16(33)11-32(17)21(34)19(24(2,3)4)29-23(36)27-26/h6-9,12,16-17,19,33H,10-11H2,1-5H3,(H,29,36)(H,30,31,35)/t16?,17?,19?,25-/m1/s1. The van der Waals surface area contributed by atoms with Crippen LogP contribution in [0.25, 0.3) is 10.4 Å². The van der Waals surface area contributed by atoms with Gasteiger partial charge in [-0.2, -0.15) is 0 Å². The Hall–Kier alpha value is -2.98. The minimum Gasteiger partial charge on any atom is -0.391 e. The van der Waals surface area contributed by atoms with Crippen molar-refractivity contribution in [2.75, 3.05) is 6.54 Å². The van der Waals surface area contributed by atoms with Crippen molar-refractivity contribution in [3.8, 4) is 10.4 Å². The van der Waals surface area contributed by atoms with Gasteiger partial charge in [0.1, 0.15) is 11.9 Å². The van der Waals surface area contributed by atoms with Gasteiger partial charge >= 0.3 is 0 Å². The summed E-state index contributed by atoms with van der Waals surface area (Å²) in [7, 11) is 6.21. The monoisotopic (exact) mass is 518 g/mol. The van der Waals surface area contributed by atoms with E-state index >= 15 is 0 Å². The molecule has 9 nitrogen and oxygen atoms in total. The molecule has 3 amide bonds. The molecule has 12 heteroatoms. The SMILES string of the molecule is [B][B]C(=O)NC(C(=O)N1CC(O)CC1C1=N[C@](C)(c2ccc(-c3scnc3C)cc2)C(=O)N1)C(C)(C)C. The number of benzene rings is 1. The summed E-state index contributed by atoms with van der Waals surface area (Å²) < 4.78 is 0. The van der Waals surface area contributed by atoms with Crippen LogP contribution in [0, 0.1) is 12.3 Å². The van der Waals surface area contributed by atoms with E-state index in [-0.39, 0.29) is 24.8 Å². The van der Waals surface area contributed by atoms with Crippen LogP contribution in [-0.4, -0.2) is 78.1 Å². The summed E-state index contributed by atoms with van der Waals surface area (Å²) in [5.41, 5.74) is 2.65. The van der Waals surface area contributed by atoms with Crippen LogP contribution in [0.2, 0.25) is 0 Å². The van der Waals surface area contributed by atoms with Gasteiger partial charge < -0.3 is 20.6 Å². The van der Waals surface area contributed by atoms with Crippen LogP contribution < -0.4 is 10.6 Å². The first-order valence-electron chi connectivity index (χ1n) is 12.1. The number of aryl methyl sites for hydroxylation is 1. The molecular formula is C25H30B2N5O4S. The summed E-state index contributed by atoms with van der Waals surface area (Å²) in [6, 6.07) is 6.11. The van der Waals surface area contributed by atoms with Gasteiger partial charge in [0.2, 0.25) is 5.91 Å². The molecule has 3 N–H and O–H groups in total. The van der Waals surface area contributed by atoms with E-state index in [2.05, 4.69) is 15.6 Å². The van der Waals surface area contributed by atoms with E-state index in [9.17, 15) is 19.5 Å². The lowest BCUT2D eigenvalue weighted by atomic mass is 9.55. The second kappa shape index (κ2) is 10.1. The summed E-state index contributed by atoms with van der Waals surface area (Å²) in [6.07, 6.45) is -0.571. The summed E-state index contributed by atoms with van der Waals surface area (Å²) in [5.74, 6) is -0.930. The van der Waals surface area contributed by atoms with Crippen LogP contribution in [-0.2, 0) is 15.1 Å². The van der Waals surface area contributed by atoms with Gasteiger partial charge in [-0.05, 0) is 30.4 Å². The fourth-order valence-corrected chi connectivity index (χ4v) is 5.57. The molecule has 4 rings (SSSR count). The van der Waals surface area contributed by atoms with Crippen molar-refractivity contribution in [3.63, 3.8) is 0 Å². The zero-order chi connectivity index (χ0) is 27.1. The second-order valence-electron chi connectivity index (χ2n) is 10.7. The van der Waals surface area contributed by atoms with Gasteiger partial charge in [0.25, 0.3) is 5.91 Å². The quantitative estimate of drug-likeness (QED) is 0.503. The molecule has 1 saturated heterocycles. The highest BCUT2D eigenvalue weighted by molar-refractivity contribution is 7.13. The predicted octanol–water partition coefficient (Wildman–Crippen LogP) is 1.74. The number of β-amino-alcohol motifs (C(OH)–C–C–N with tert-alkyl or cyclic N) is 1. The highest BCUT2D eigenvalue weighted by atomic mass is 32.1. The van der Waals surface area contributed by atoms with E-state index in [1.165, 1.54) is 4.90 Å². The molecule has 1 aromatic carbocycles. The lowest BCUT2D eigenvalue weighted by molar-refractivity contribution is -0.136. The minimum atomic E-state index is -1.19. The van der Waals surface area contributed by atoms with Gasteiger partial charge in [0.05, 0.1) is 28.2 Å². The molecule has 3 unspecified atom stereocenters. The Labute approximate surface area is 222 Å². The van der Waals surface area contributed by atoms with E-state index in [0.717, 1.165) is 23.3 Å². The molecule has 3 radical (unpaired) electrons. The molecule has 0 bridgehead atoms. The van der Waals surface area contributed by atoms with Crippen LogP contribution in [0.4, 0.5) is 4.79 Å². The summed E-state index contributed by atoms with van der Waals surface area (Å²) >= 11 is 1.56. The maximum absolute atomic E-state index is 13.6. The second-order valence-corrected chi connectivity index (χ2v) is 11.6. The molecule has 3 heterocycles. The normalized spacial score (nSPS) is 24.4. The first kappa shape index (κ1) is 27.1. The average molecular weight is 518 g/mol. The number of likely N-dealkylation sites (tertiary alicyclic amines) is 1. The number of thiazole rings is 1. The molecule has 0 aliphatic carbocycles. The Bertz CT molecular complexity index is 1240. The molecular weight excluding hydrogens is 488 g/mol. The van der Waals surface area contributed by atoms with E-state index in [1.54, 1.807) is 23.8 Å². The Morgan fingerprint density at radius 2 is 2.00 bits per heavy atom. The number of rotatable bonds is 6. The molecule has 0 spiro atoms. The van der Waals surface area contributed by atoms with E-state index < -0.39 is 34.9 Å². The Balaban J connectivity index is 1.62. The summed E-state index contributed by atoms with van der Waals surface area (Å²) in [4.78, 5) is 50.4. The van der Waals surface area contributed by atoms with Crippen molar-refractivity contribution in [1.82, 2.24) is 20.5 Å². The first-order chi connectivity index (χ1) is 17.3.